The lowest BCUT2D eigenvalue weighted by Crippen LogP contribution is -2.15. The molecule has 5 nitrogen and oxygen atoms in total. The predicted molar refractivity (Wildman–Crippen MR) is 104 cm³/mol. The lowest BCUT2D eigenvalue weighted by molar-refractivity contribution is 0.357. The Morgan fingerprint density at radius 1 is 1.12 bits per heavy atom. The van der Waals surface area contributed by atoms with Crippen molar-refractivity contribution in [3.05, 3.63) is 41.0 Å². The highest BCUT2D eigenvalue weighted by atomic mass is 35.5. The molecule has 0 spiro atoms. The second-order valence-electron chi connectivity index (χ2n) is 6.49. The van der Waals surface area contributed by atoms with Gasteiger partial charge in [-0.05, 0) is 41.3 Å². The van der Waals surface area contributed by atoms with Crippen LogP contribution < -0.4 is 14.8 Å². The number of aromatic hydroxyl groups is 1. The van der Waals surface area contributed by atoms with Crippen LogP contribution >= 0.6 is 12.4 Å². The molecule has 134 valence electrons. The van der Waals surface area contributed by atoms with E-state index in [2.05, 4.69) is 5.32 Å². The second-order valence-corrected chi connectivity index (χ2v) is 6.49. The monoisotopic (exact) mass is 370 g/mol. The molecule has 2 N–H and O–H groups in total. The molecule has 1 aromatic heterocycles. The zero-order chi connectivity index (χ0) is 17.1. The van der Waals surface area contributed by atoms with Crippen LogP contribution in [0.2, 0.25) is 0 Å². The Morgan fingerprint density at radius 2 is 1.96 bits per heavy atom. The number of rotatable bonds is 2. The summed E-state index contributed by atoms with van der Waals surface area (Å²) in [7, 11) is 3.31. The molecule has 2 aliphatic rings. The third-order valence-corrected chi connectivity index (χ3v) is 5.22. The van der Waals surface area contributed by atoms with E-state index in [0.29, 0.717) is 11.5 Å². The van der Waals surface area contributed by atoms with Gasteiger partial charge in [0, 0.05) is 30.0 Å². The van der Waals surface area contributed by atoms with Gasteiger partial charge in [0.2, 0.25) is 0 Å². The van der Waals surface area contributed by atoms with E-state index in [1.165, 1.54) is 11.1 Å². The van der Waals surface area contributed by atoms with Crippen molar-refractivity contribution >= 4 is 29.0 Å². The Balaban J connectivity index is 0.00000168. The molecule has 6 heteroatoms. The quantitative estimate of drug-likeness (QED) is 0.560. The zero-order valence-corrected chi connectivity index (χ0v) is 15.4. The highest BCUT2D eigenvalue weighted by Crippen LogP contribution is 2.48. The van der Waals surface area contributed by atoms with Crippen molar-refractivity contribution in [2.24, 2.45) is 0 Å². The molecule has 1 aliphatic heterocycles. The summed E-state index contributed by atoms with van der Waals surface area (Å²) >= 11 is 0. The van der Waals surface area contributed by atoms with Crippen LogP contribution in [0.15, 0.2) is 24.3 Å². The summed E-state index contributed by atoms with van der Waals surface area (Å²) in [6.45, 7) is 0.851. The Hall–Kier alpha value is -2.66. The molecule has 2 heterocycles. The van der Waals surface area contributed by atoms with Crippen LogP contribution in [0.4, 0.5) is 5.69 Å². The van der Waals surface area contributed by atoms with E-state index in [4.69, 9.17) is 14.5 Å². The van der Waals surface area contributed by atoms with Crippen LogP contribution in [0.25, 0.3) is 22.2 Å². The van der Waals surface area contributed by atoms with Crippen molar-refractivity contribution in [3.8, 4) is 28.5 Å². The standard InChI is InChI=1S/C20H18N2O3.ClH/c1-24-16-9-15-17-13(5-6-21-19(17)20(16)25-2)14-8-10-7-11(23)3-4-12(10)18(14)22-15;/h3-4,7,9,21,23H,5-6,8H2,1-2H3;1H. The smallest absolute Gasteiger partial charge is 0.184 e. The second kappa shape index (κ2) is 5.95. The molecule has 0 atom stereocenters. The van der Waals surface area contributed by atoms with E-state index >= 15 is 0 Å². The lowest BCUT2D eigenvalue weighted by Gasteiger charge is -2.24. The van der Waals surface area contributed by atoms with Crippen LogP contribution in [-0.4, -0.2) is 30.9 Å². The number of nitrogens with zero attached hydrogens (tertiary/aromatic N) is 1. The summed E-state index contributed by atoms with van der Waals surface area (Å²) in [6.07, 6.45) is 1.76. The molecule has 0 radical (unpaired) electrons. The number of phenolic OH excluding ortho intramolecular Hbond substituents is 1. The number of nitrogens with one attached hydrogen (secondary N) is 1. The van der Waals surface area contributed by atoms with Crippen molar-refractivity contribution in [1.82, 2.24) is 4.98 Å². The maximum atomic E-state index is 9.82. The van der Waals surface area contributed by atoms with Crippen molar-refractivity contribution in [3.63, 3.8) is 0 Å². The maximum absolute atomic E-state index is 9.82. The number of pyridine rings is 1. The minimum absolute atomic E-state index is 0. The SMILES string of the molecule is COc1cc2nc3c(c4c2c(c1OC)NCC4)Cc1cc(O)ccc1-3.Cl. The number of aromatic nitrogens is 1. The fourth-order valence-corrected chi connectivity index (χ4v) is 4.17. The van der Waals surface area contributed by atoms with Crippen LogP contribution in [0.3, 0.4) is 0 Å². The van der Waals surface area contributed by atoms with Gasteiger partial charge in [0.05, 0.1) is 31.1 Å². The van der Waals surface area contributed by atoms with Gasteiger partial charge < -0.3 is 19.9 Å². The molecule has 0 unspecified atom stereocenters. The Labute approximate surface area is 157 Å². The maximum Gasteiger partial charge on any atom is 0.184 e. The van der Waals surface area contributed by atoms with E-state index in [1.807, 2.05) is 18.2 Å². The molecule has 0 bridgehead atoms. The number of phenols is 1. The minimum atomic E-state index is 0. The first-order chi connectivity index (χ1) is 12.2. The number of anilines is 1. The Bertz CT molecular complexity index is 1050. The van der Waals surface area contributed by atoms with Gasteiger partial charge in [-0.15, -0.1) is 12.4 Å². The van der Waals surface area contributed by atoms with E-state index in [-0.39, 0.29) is 12.4 Å². The topological polar surface area (TPSA) is 63.6 Å². The van der Waals surface area contributed by atoms with Gasteiger partial charge in [0.25, 0.3) is 0 Å². The molecule has 0 saturated heterocycles. The van der Waals surface area contributed by atoms with Crippen LogP contribution in [0, 0.1) is 0 Å². The highest BCUT2D eigenvalue weighted by Gasteiger charge is 2.29. The van der Waals surface area contributed by atoms with E-state index in [1.54, 1.807) is 20.3 Å². The number of ether oxygens (including phenoxy) is 2. The van der Waals surface area contributed by atoms with Crippen molar-refractivity contribution in [2.45, 2.75) is 12.8 Å². The average Bonchev–Trinajstić information content (AvgIpc) is 2.99. The molecule has 2 aromatic carbocycles. The molecule has 0 saturated carbocycles. The average molecular weight is 371 g/mol. The number of methoxy groups -OCH3 is 2. The fraction of sp³-hybridized carbons (Fsp3) is 0.250. The van der Waals surface area contributed by atoms with Crippen LogP contribution in [0.1, 0.15) is 16.7 Å². The molecule has 0 fully saturated rings. The van der Waals surface area contributed by atoms with Crippen molar-refractivity contribution < 1.29 is 14.6 Å². The van der Waals surface area contributed by atoms with Gasteiger partial charge in [0.15, 0.2) is 11.5 Å². The highest BCUT2D eigenvalue weighted by molar-refractivity contribution is 6.03. The number of halogens is 1. The van der Waals surface area contributed by atoms with E-state index in [9.17, 15) is 5.11 Å². The van der Waals surface area contributed by atoms with Gasteiger partial charge in [-0.2, -0.15) is 0 Å². The number of hydrogen-bond acceptors (Lipinski definition) is 5. The van der Waals surface area contributed by atoms with Crippen molar-refractivity contribution in [1.29, 1.82) is 0 Å². The van der Waals surface area contributed by atoms with Crippen molar-refractivity contribution in [2.75, 3.05) is 26.1 Å². The van der Waals surface area contributed by atoms with Crippen LogP contribution in [-0.2, 0) is 12.8 Å². The fourth-order valence-electron chi connectivity index (χ4n) is 4.17. The number of hydrogen-bond donors (Lipinski definition) is 2. The predicted octanol–water partition coefficient (Wildman–Crippen LogP) is 3.92. The Kier molecular flexibility index (Phi) is 3.84. The first-order valence-electron chi connectivity index (χ1n) is 8.38. The first kappa shape index (κ1) is 16.8. The molecular weight excluding hydrogens is 352 g/mol. The van der Waals surface area contributed by atoms with Gasteiger partial charge in [-0.3, -0.25) is 0 Å². The summed E-state index contributed by atoms with van der Waals surface area (Å²) in [5.74, 6) is 1.71. The summed E-state index contributed by atoms with van der Waals surface area (Å²) in [4.78, 5) is 4.96. The molecule has 5 rings (SSSR count). The third-order valence-electron chi connectivity index (χ3n) is 5.22. The van der Waals surface area contributed by atoms with E-state index in [0.717, 1.165) is 58.5 Å². The largest absolute Gasteiger partial charge is 0.508 e. The van der Waals surface area contributed by atoms with Gasteiger partial charge in [-0.25, -0.2) is 4.98 Å². The summed E-state index contributed by atoms with van der Waals surface area (Å²) in [5.41, 5.74) is 7.74. The third kappa shape index (κ3) is 2.13. The summed E-state index contributed by atoms with van der Waals surface area (Å²) in [6, 6.07) is 7.49. The van der Waals surface area contributed by atoms with Gasteiger partial charge in [0.1, 0.15) is 5.75 Å². The molecule has 3 aromatic rings. The molecule has 26 heavy (non-hydrogen) atoms. The van der Waals surface area contributed by atoms with E-state index < -0.39 is 0 Å². The number of fused-ring (bicyclic) bond motifs is 4. The van der Waals surface area contributed by atoms with Crippen LogP contribution in [0.5, 0.6) is 17.2 Å². The summed E-state index contributed by atoms with van der Waals surface area (Å²) < 4.78 is 11.1. The number of benzene rings is 2. The summed E-state index contributed by atoms with van der Waals surface area (Å²) in [5, 5.41) is 14.4. The normalized spacial score (nSPS) is 13.5. The first-order valence-corrected chi connectivity index (χ1v) is 8.38. The molecular formula is C20H19ClN2O3. The Morgan fingerprint density at radius 3 is 2.73 bits per heavy atom. The zero-order valence-electron chi connectivity index (χ0n) is 14.5. The minimum Gasteiger partial charge on any atom is -0.508 e. The molecule has 0 amide bonds. The van der Waals surface area contributed by atoms with Gasteiger partial charge in [-0.1, -0.05) is 0 Å². The lowest BCUT2D eigenvalue weighted by atomic mass is 9.93. The van der Waals surface area contributed by atoms with Gasteiger partial charge >= 0.3 is 0 Å². The molecule has 1 aliphatic carbocycles.